The summed E-state index contributed by atoms with van der Waals surface area (Å²) < 4.78 is 0. The van der Waals surface area contributed by atoms with Gasteiger partial charge in [0.05, 0.1) is 0 Å². The Morgan fingerprint density at radius 3 is 0.500 bits per heavy atom. The van der Waals surface area contributed by atoms with Crippen LogP contribution in [0.2, 0.25) is 0 Å². The van der Waals surface area contributed by atoms with Crippen LogP contribution in [0.25, 0.3) is 0 Å². The molecule has 0 saturated carbocycles. The van der Waals surface area contributed by atoms with Gasteiger partial charge in [0, 0.05) is 0 Å². The molecule has 0 heterocycles. The maximum absolute atomic E-state index is 6.25. The average molecular weight is 494 g/mol. The molecule has 20 heavy (non-hydrogen) atoms. The van der Waals surface area contributed by atoms with Crippen molar-refractivity contribution in [2.24, 2.45) is 0 Å². The summed E-state index contributed by atoms with van der Waals surface area (Å²) in [7, 11) is 14.7. The number of rotatable bonds is 0. The molecule has 0 aliphatic carbocycles. The molecule has 0 N–H and O–H groups in total. The van der Waals surface area contributed by atoms with Crippen LogP contribution in [0, 0.1) is 71.0 Å². The number of hydrogen-bond donors (Lipinski definition) is 0. The zero-order valence-corrected chi connectivity index (χ0v) is 24.4. The van der Waals surface area contributed by atoms with Crippen LogP contribution in [0.5, 0.6) is 0 Å². The monoisotopic (exact) mass is 493 g/mol. The van der Waals surface area contributed by atoms with Gasteiger partial charge in [0.15, 0.2) is 0 Å². The maximum atomic E-state index is 6.25. The van der Waals surface area contributed by atoms with E-state index in [4.69, 9.17) is 101 Å². The first-order valence-corrected chi connectivity index (χ1v) is 6.30. The molecule has 0 amide bonds. The van der Waals surface area contributed by atoms with Gasteiger partial charge in [0.25, 0.3) is 0 Å². The molecule has 0 rings (SSSR count). The predicted octanol–water partition coefficient (Wildman–Crippen LogP) is -6.01. The van der Waals surface area contributed by atoms with Gasteiger partial charge in [-0.2, -0.15) is 0 Å². The Morgan fingerprint density at radius 2 is 0.500 bits per heavy atom. The molecule has 0 bridgehead atoms. The summed E-state index contributed by atoms with van der Waals surface area (Å²) in [5, 5.41) is 37.5. The van der Waals surface area contributed by atoms with Crippen LogP contribution in [0.15, 0.2) is 0 Å². The van der Waals surface area contributed by atoms with Crippen molar-refractivity contribution in [1.29, 1.82) is 31.6 Å². The second-order valence-electron chi connectivity index (χ2n) is 0.152. The third kappa shape index (κ3) is 664. The largest absolute Gasteiger partial charge is 6.00 e. The predicted molar refractivity (Wildman–Crippen MR) is 50.7 cm³/mol. The summed E-state index contributed by atoms with van der Waals surface area (Å²) in [6.07, 6.45) is 0. The zero-order chi connectivity index (χ0) is 15.6. The van der Waals surface area contributed by atoms with E-state index in [0.717, 1.165) is 0 Å². The summed E-state index contributed by atoms with van der Waals surface area (Å²) in [5.74, 6) is 0. The number of nitrogens with zero attached hydrogens (tertiary/aromatic N) is 6. The molecule has 0 fully saturated rings. The molecular weight excluding hydrogens is 491 g/mol. The second kappa shape index (κ2) is 236. The summed E-state index contributed by atoms with van der Waals surface area (Å²) in [6, 6.07) is 0. The van der Waals surface area contributed by atoms with Gasteiger partial charge < -0.3 is 75.3 Å². The Hall–Kier alpha value is 3.76. The minimum Gasteiger partial charge on any atom is -1.00 e. The van der Waals surface area contributed by atoms with E-state index in [2.05, 4.69) is 0 Å². The van der Waals surface area contributed by atoms with Crippen LogP contribution < -0.4 is 154 Å². The molecule has 0 atom stereocenters. The molecule has 6 nitrogen and oxygen atoms in total. The fourth-order valence-corrected chi connectivity index (χ4v) is 0. The Bertz CT molecular complexity index is 161. The van der Waals surface area contributed by atoms with E-state index >= 15 is 0 Å². The van der Waals surface area contributed by atoms with Crippen molar-refractivity contribution in [3.05, 3.63) is 39.4 Å². The van der Waals surface area contributed by atoms with Crippen molar-refractivity contribution >= 4 is 30.3 Å². The van der Waals surface area contributed by atoms with Gasteiger partial charge in [-0.3, -0.25) is 0 Å². The summed E-state index contributed by atoms with van der Waals surface area (Å²) in [5.41, 5.74) is 0. The SMILES string of the molecule is [C-]#N.[C-]#N.[C-]#N.[C-]#N.[C-]#N.[C-]#N.[Cl][Fe]([Cl])[Cl].[Fe+6].[H-].[H-].[H-].[K+].[K+].[K+]. The summed E-state index contributed by atoms with van der Waals surface area (Å²) in [6.45, 7) is 28.5. The fourth-order valence-electron chi connectivity index (χ4n) is 0. The average Bonchev–Trinajstić information content (AvgIpc) is 2.42. The molecule has 0 aliphatic heterocycles. The molecule has 0 spiro atoms. The van der Waals surface area contributed by atoms with Crippen molar-refractivity contribution < 1.29 is 187 Å². The Labute approximate surface area is 280 Å². The van der Waals surface area contributed by atoms with E-state index in [-0.39, 0.29) is 176 Å². The van der Waals surface area contributed by atoms with Gasteiger partial charge in [-0.15, -0.1) is 0 Å². The molecule has 97 valence electrons. The molecular formula is C6H3Cl3Fe2K3N6. The first-order valence-electron chi connectivity index (χ1n) is 1.74. The van der Waals surface area contributed by atoms with Crippen LogP contribution in [0.3, 0.4) is 0 Å². The fraction of sp³-hybridized carbons (Fsp3) is 0. The quantitative estimate of drug-likeness (QED) is 0.242. The number of hydrogen-bond acceptors (Lipinski definition) is 6. The van der Waals surface area contributed by atoms with E-state index in [1.807, 2.05) is 0 Å². The Balaban J connectivity index is -0.00000000333. The van der Waals surface area contributed by atoms with Crippen LogP contribution >= 0.6 is 30.3 Å². The number of halogens is 3. The van der Waals surface area contributed by atoms with Crippen molar-refractivity contribution in [3.8, 4) is 0 Å². The first kappa shape index (κ1) is 75.6. The van der Waals surface area contributed by atoms with Crippen molar-refractivity contribution in [1.82, 2.24) is 0 Å². The van der Waals surface area contributed by atoms with E-state index in [9.17, 15) is 0 Å². The maximum Gasteiger partial charge on any atom is 6.00 e. The molecule has 0 unspecified atom stereocenters. The molecule has 14 heteroatoms. The van der Waals surface area contributed by atoms with E-state index in [1.54, 1.807) is 0 Å². The van der Waals surface area contributed by atoms with Crippen LogP contribution in [0.4, 0.5) is 0 Å². The third-order valence-electron chi connectivity index (χ3n) is 0. The molecule has 0 aromatic rings. The molecule has 0 radical (unpaired) electrons. The minimum absolute atomic E-state index is 0. The Morgan fingerprint density at radius 1 is 0.500 bits per heavy atom. The first-order chi connectivity index (χ1) is 7.73. The van der Waals surface area contributed by atoms with Crippen LogP contribution in [-0.2, 0) is 28.2 Å². The van der Waals surface area contributed by atoms with Crippen LogP contribution in [0.1, 0.15) is 4.28 Å². The van der Waals surface area contributed by atoms with Gasteiger partial charge in [0.2, 0.25) is 0 Å². The van der Waals surface area contributed by atoms with Gasteiger partial charge in [-0.05, 0) is 0 Å². The normalized spacial score (nSPS) is 2.85. The van der Waals surface area contributed by atoms with Crippen molar-refractivity contribution in [3.63, 3.8) is 0 Å². The van der Waals surface area contributed by atoms with Crippen molar-refractivity contribution in [2.75, 3.05) is 0 Å². The summed E-state index contributed by atoms with van der Waals surface area (Å²) in [4.78, 5) is 0. The Kier molecular flexibility index (Phi) is 892. The van der Waals surface area contributed by atoms with Gasteiger partial charge >= 0.3 is 213 Å². The van der Waals surface area contributed by atoms with Gasteiger partial charge in [0.1, 0.15) is 0 Å². The summed E-state index contributed by atoms with van der Waals surface area (Å²) >= 11 is -1.33. The minimum atomic E-state index is -1.33. The zero-order valence-electron chi connectivity index (χ0n) is 13.5. The molecule has 0 aliphatic rings. The van der Waals surface area contributed by atoms with Crippen LogP contribution in [-0.4, -0.2) is 0 Å². The van der Waals surface area contributed by atoms with Gasteiger partial charge in [-0.1, -0.05) is 0 Å². The molecule has 0 aromatic carbocycles. The topological polar surface area (TPSA) is 143 Å². The smallest absolute Gasteiger partial charge is 1.00 e. The second-order valence-corrected chi connectivity index (χ2v) is 5.62. The molecule has 0 saturated heterocycles. The standard InChI is InChI=1S/6CN.3ClH.2Fe.3K.3H/c6*1-2;;;;;;;;;;;/h;;;;;;3*1H;;;;;;;;/q6*-1;;;;+3;+6;3*+1;3*-1/p-3. The van der Waals surface area contributed by atoms with Gasteiger partial charge in [-0.25, -0.2) is 0 Å². The van der Waals surface area contributed by atoms with E-state index in [1.165, 1.54) is 0 Å². The van der Waals surface area contributed by atoms with E-state index in [0.29, 0.717) is 0 Å². The third-order valence-corrected chi connectivity index (χ3v) is 0. The van der Waals surface area contributed by atoms with Crippen molar-refractivity contribution in [2.45, 2.75) is 0 Å². The van der Waals surface area contributed by atoms with E-state index < -0.39 is 11.2 Å². The molecule has 0 aromatic heterocycles.